The molecule has 2 fully saturated rings. The van der Waals surface area contributed by atoms with Crippen molar-refractivity contribution < 1.29 is 13.2 Å². The van der Waals surface area contributed by atoms with Crippen molar-refractivity contribution in [3.8, 4) is 11.1 Å². The Morgan fingerprint density at radius 2 is 1.63 bits per heavy atom. The van der Waals surface area contributed by atoms with E-state index >= 15 is 0 Å². The van der Waals surface area contributed by atoms with E-state index in [4.69, 9.17) is 4.74 Å². The van der Waals surface area contributed by atoms with Crippen molar-refractivity contribution in [3.63, 3.8) is 0 Å². The van der Waals surface area contributed by atoms with E-state index in [2.05, 4.69) is 57.0 Å². The highest BCUT2D eigenvalue weighted by molar-refractivity contribution is 7.90. The zero-order valence-electron chi connectivity index (χ0n) is 23.2. The summed E-state index contributed by atoms with van der Waals surface area (Å²) in [5.41, 5.74) is 5.72. The van der Waals surface area contributed by atoms with Gasteiger partial charge in [-0.1, -0.05) is 48.5 Å². The van der Waals surface area contributed by atoms with Crippen LogP contribution in [0.2, 0.25) is 0 Å². The minimum absolute atomic E-state index is 0.250. The van der Waals surface area contributed by atoms with Gasteiger partial charge in [0.15, 0.2) is 0 Å². The van der Waals surface area contributed by atoms with Crippen LogP contribution in [0.25, 0.3) is 32.9 Å². The second-order valence-electron chi connectivity index (χ2n) is 11.3. The van der Waals surface area contributed by atoms with Crippen LogP contribution < -0.4 is 10.6 Å². The molecule has 9 heteroatoms. The van der Waals surface area contributed by atoms with Gasteiger partial charge in [-0.2, -0.15) is 0 Å². The Labute approximate surface area is 249 Å². The molecule has 0 amide bonds. The third kappa shape index (κ3) is 4.75. The van der Waals surface area contributed by atoms with Crippen LogP contribution in [0.5, 0.6) is 0 Å². The third-order valence-corrected chi connectivity index (χ3v) is 10.3. The van der Waals surface area contributed by atoms with Gasteiger partial charge in [0, 0.05) is 47.1 Å². The summed E-state index contributed by atoms with van der Waals surface area (Å²) in [6, 6.07) is 31.4. The van der Waals surface area contributed by atoms with E-state index in [0.29, 0.717) is 29.2 Å². The number of hydrogen-bond acceptors (Lipinski definition) is 7. The predicted molar refractivity (Wildman–Crippen MR) is 168 cm³/mol. The average molecular weight is 588 g/mol. The summed E-state index contributed by atoms with van der Waals surface area (Å²) < 4.78 is 33.3. The summed E-state index contributed by atoms with van der Waals surface area (Å²) in [7, 11) is -3.70. The number of anilines is 2. The number of aromatic nitrogens is 3. The molecule has 3 heterocycles. The van der Waals surface area contributed by atoms with Crippen molar-refractivity contribution in [1.82, 2.24) is 19.3 Å². The molecule has 214 valence electrons. The van der Waals surface area contributed by atoms with Crippen LogP contribution in [0.3, 0.4) is 0 Å². The first-order valence-corrected chi connectivity index (χ1v) is 15.8. The fourth-order valence-electron chi connectivity index (χ4n) is 6.18. The lowest BCUT2D eigenvalue weighted by atomic mass is 10.0. The SMILES string of the molecule is O=S(=O)(c1ccccc1)n1ccc2cc(Nc3ncnc4ccc(-c5ccc(CNC6C7COCC76)cc5)cc34)ccc21. The Morgan fingerprint density at radius 1 is 0.837 bits per heavy atom. The lowest BCUT2D eigenvalue weighted by molar-refractivity contribution is 0.156. The second kappa shape index (κ2) is 10.3. The molecule has 1 saturated heterocycles. The van der Waals surface area contributed by atoms with Crippen LogP contribution in [-0.4, -0.2) is 41.6 Å². The van der Waals surface area contributed by atoms with Gasteiger partial charge in [-0.05, 0) is 65.2 Å². The summed E-state index contributed by atoms with van der Waals surface area (Å²) in [4.78, 5) is 9.27. The van der Waals surface area contributed by atoms with Crippen LogP contribution >= 0.6 is 0 Å². The van der Waals surface area contributed by atoms with Gasteiger partial charge in [-0.3, -0.25) is 0 Å². The molecule has 1 saturated carbocycles. The number of nitrogens with one attached hydrogen (secondary N) is 2. The van der Waals surface area contributed by atoms with Gasteiger partial charge < -0.3 is 15.4 Å². The number of benzene rings is 4. The van der Waals surface area contributed by atoms with Gasteiger partial charge in [0.25, 0.3) is 10.0 Å². The number of rotatable bonds is 8. The number of ether oxygens (including phenoxy) is 1. The highest BCUT2D eigenvalue weighted by atomic mass is 32.2. The summed E-state index contributed by atoms with van der Waals surface area (Å²) in [5.74, 6) is 2.07. The van der Waals surface area contributed by atoms with Gasteiger partial charge in [0.05, 0.1) is 29.1 Å². The molecular weight excluding hydrogens is 558 g/mol. The van der Waals surface area contributed by atoms with Crippen LogP contribution in [0.15, 0.2) is 114 Å². The molecule has 43 heavy (non-hydrogen) atoms. The second-order valence-corrected chi connectivity index (χ2v) is 13.1. The minimum atomic E-state index is -3.70. The zero-order chi connectivity index (χ0) is 29.0. The lowest BCUT2D eigenvalue weighted by Gasteiger charge is -2.12. The van der Waals surface area contributed by atoms with Crippen molar-refractivity contribution in [2.75, 3.05) is 18.5 Å². The molecule has 0 radical (unpaired) electrons. The molecule has 1 aliphatic heterocycles. The number of nitrogens with zero attached hydrogens (tertiary/aromatic N) is 3. The molecule has 0 spiro atoms. The van der Waals surface area contributed by atoms with Crippen molar-refractivity contribution in [1.29, 1.82) is 0 Å². The van der Waals surface area contributed by atoms with Crippen LogP contribution in [0.1, 0.15) is 5.56 Å². The van der Waals surface area contributed by atoms with E-state index in [1.165, 1.54) is 9.54 Å². The van der Waals surface area contributed by atoms with Gasteiger partial charge in [-0.25, -0.2) is 22.4 Å². The standard InChI is InChI=1S/C34H29N5O3S/c40-43(41,27-4-2-1-3-5-27)39-15-14-25-16-26(11-13-32(25)39)38-34-28-17-24(10-12-31(28)36-21-37-34)23-8-6-22(7-9-23)18-35-33-29-19-42-20-30(29)33/h1-17,21,29-30,33,35H,18-20H2,(H,36,37,38). The maximum Gasteiger partial charge on any atom is 0.268 e. The predicted octanol–water partition coefficient (Wildman–Crippen LogP) is 5.97. The highest BCUT2D eigenvalue weighted by Crippen LogP contribution is 2.44. The van der Waals surface area contributed by atoms with Crippen LogP contribution in [0.4, 0.5) is 11.5 Å². The molecule has 8 rings (SSSR count). The Morgan fingerprint density at radius 3 is 2.44 bits per heavy atom. The first kappa shape index (κ1) is 26.1. The summed E-state index contributed by atoms with van der Waals surface area (Å²) >= 11 is 0. The van der Waals surface area contributed by atoms with E-state index < -0.39 is 10.0 Å². The van der Waals surface area contributed by atoms with Crippen molar-refractivity contribution in [3.05, 3.63) is 115 Å². The molecule has 2 aromatic heterocycles. The first-order chi connectivity index (χ1) is 21.0. The minimum Gasteiger partial charge on any atom is -0.381 e. The summed E-state index contributed by atoms with van der Waals surface area (Å²) in [6.07, 6.45) is 3.14. The summed E-state index contributed by atoms with van der Waals surface area (Å²) in [6.45, 7) is 2.65. The Bertz CT molecular complexity index is 2070. The zero-order valence-corrected chi connectivity index (χ0v) is 24.0. The molecule has 2 aliphatic rings. The smallest absolute Gasteiger partial charge is 0.268 e. The van der Waals surface area contributed by atoms with E-state index in [0.717, 1.165) is 52.9 Å². The Hall–Kier alpha value is -4.57. The molecule has 1 aliphatic carbocycles. The van der Waals surface area contributed by atoms with Crippen molar-refractivity contribution >= 4 is 43.3 Å². The first-order valence-electron chi connectivity index (χ1n) is 14.4. The normalized spacial score (nSPS) is 19.5. The molecule has 0 bridgehead atoms. The highest BCUT2D eigenvalue weighted by Gasteiger charge is 2.53. The molecule has 2 unspecified atom stereocenters. The van der Waals surface area contributed by atoms with Crippen LogP contribution in [0, 0.1) is 11.8 Å². The molecule has 8 nitrogen and oxygen atoms in total. The Kier molecular flexibility index (Phi) is 6.25. The van der Waals surface area contributed by atoms with E-state index in [-0.39, 0.29) is 4.90 Å². The Balaban J connectivity index is 1.03. The van der Waals surface area contributed by atoms with Gasteiger partial charge in [0.2, 0.25) is 0 Å². The van der Waals surface area contributed by atoms with Crippen molar-refractivity contribution in [2.24, 2.45) is 11.8 Å². The van der Waals surface area contributed by atoms with E-state index in [1.54, 1.807) is 48.9 Å². The fraction of sp³-hybridized carbons (Fsp3) is 0.176. The van der Waals surface area contributed by atoms with Gasteiger partial charge in [0.1, 0.15) is 12.1 Å². The number of hydrogen-bond donors (Lipinski definition) is 2. The third-order valence-electron chi connectivity index (χ3n) is 8.63. The molecular formula is C34H29N5O3S. The molecule has 6 aromatic rings. The number of fused-ring (bicyclic) bond motifs is 3. The molecule has 2 atom stereocenters. The maximum atomic E-state index is 13.2. The largest absolute Gasteiger partial charge is 0.381 e. The average Bonchev–Trinajstić information content (AvgIpc) is 3.35. The summed E-state index contributed by atoms with van der Waals surface area (Å²) in [5, 5.41) is 8.81. The van der Waals surface area contributed by atoms with E-state index in [9.17, 15) is 8.42 Å². The van der Waals surface area contributed by atoms with Gasteiger partial charge >= 0.3 is 0 Å². The van der Waals surface area contributed by atoms with Gasteiger partial charge in [-0.15, -0.1) is 0 Å². The lowest BCUT2D eigenvalue weighted by Crippen LogP contribution is -2.22. The van der Waals surface area contributed by atoms with Crippen LogP contribution in [-0.2, 0) is 21.3 Å². The van der Waals surface area contributed by atoms with E-state index in [1.807, 2.05) is 24.3 Å². The fourth-order valence-corrected chi connectivity index (χ4v) is 7.55. The monoisotopic (exact) mass is 587 g/mol. The molecule has 2 N–H and O–H groups in total. The molecule has 4 aromatic carbocycles. The quantitative estimate of drug-likeness (QED) is 0.227. The topological polar surface area (TPSA) is 98.1 Å². The maximum absolute atomic E-state index is 13.2. The van der Waals surface area contributed by atoms with Crippen molar-refractivity contribution in [2.45, 2.75) is 17.5 Å².